The van der Waals surface area contributed by atoms with E-state index in [4.69, 9.17) is 0 Å². The van der Waals surface area contributed by atoms with E-state index in [2.05, 4.69) is 22.6 Å². The van der Waals surface area contributed by atoms with Gasteiger partial charge in [0.25, 0.3) is 0 Å². The van der Waals surface area contributed by atoms with Crippen LogP contribution in [0, 0.1) is 0 Å². The maximum Gasteiger partial charge on any atom is 0.144 e. The van der Waals surface area contributed by atoms with E-state index in [9.17, 15) is 4.21 Å². The largest absolute Gasteiger partial charge is 0.234 e. The van der Waals surface area contributed by atoms with E-state index in [0.717, 1.165) is 10.9 Å². The fourth-order valence-corrected chi connectivity index (χ4v) is 2.15. The molecule has 0 radical (unpaired) electrons. The average Bonchev–Trinajstić information content (AvgIpc) is 2.34. The van der Waals surface area contributed by atoms with E-state index in [0.29, 0.717) is 0 Å². The van der Waals surface area contributed by atoms with E-state index < -0.39 is 11.0 Å². The monoisotopic (exact) mass is 259 g/mol. The van der Waals surface area contributed by atoms with Crippen molar-refractivity contribution in [3.05, 3.63) is 48.0 Å². The third-order valence-electron chi connectivity index (χ3n) is 2.63. The van der Waals surface area contributed by atoms with E-state index in [1.807, 2.05) is 45.0 Å². The Morgan fingerprint density at radius 2 is 1.72 bits per heavy atom. The zero-order chi connectivity index (χ0) is 13.2. The molecule has 0 spiro atoms. The van der Waals surface area contributed by atoms with Crippen molar-refractivity contribution in [2.45, 2.75) is 25.5 Å². The SMILES string of the molecule is CC(C)(C)S(=O)N=Cc1cccc2ccccc12. The number of fused-ring (bicyclic) bond motifs is 1. The van der Waals surface area contributed by atoms with Crippen LogP contribution >= 0.6 is 0 Å². The van der Waals surface area contributed by atoms with Crippen molar-refractivity contribution in [2.75, 3.05) is 0 Å². The summed E-state index contributed by atoms with van der Waals surface area (Å²) in [5, 5.41) is 2.30. The van der Waals surface area contributed by atoms with Gasteiger partial charge < -0.3 is 0 Å². The normalized spacial score (nSPS) is 14.2. The van der Waals surface area contributed by atoms with Crippen LogP contribution in [0.3, 0.4) is 0 Å². The Hall–Kier alpha value is -1.48. The van der Waals surface area contributed by atoms with Crippen molar-refractivity contribution in [3.8, 4) is 0 Å². The molecular weight excluding hydrogens is 242 g/mol. The van der Waals surface area contributed by atoms with Crippen molar-refractivity contribution in [2.24, 2.45) is 4.40 Å². The van der Waals surface area contributed by atoms with Crippen LogP contribution in [0.2, 0.25) is 0 Å². The lowest BCUT2D eigenvalue weighted by Gasteiger charge is -2.12. The highest BCUT2D eigenvalue weighted by Crippen LogP contribution is 2.18. The molecule has 2 aromatic rings. The summed E-state index contributed by atoms with van der Waals surface area (Å²) in [6, 6.07) is 14.2. The maximum absolute atomic E-state index is 11.9. The second-order valence-electron chi connectivity index (χ2n) is 5.16. The third kappa shape index (κ3) is 2.85. The highest BCUT2D eigenvalue weighted by molar-refractivity contribution is 7.85. The number of hydrogen-bond donors (Lipinski definition) is 0. The highest BCUT2D eigenvalue weighted by atomic mass is 32.2. The minimum absolute atomic E-state index is 0.318. The van der Waals surface area contributed by atoms with Crippen LogP contribution in [0.1, 0.15) is 26.3 Å². The molecule has 0 bridgehead atoms. The molecule has 0 N–H and O–H groups in total. The summed E-state index contributed by atoms with van der Waals surface area (Å²) < 4.78 is 15.7. The van der Waals surface area contributed by atoms with E-state index in [-0.39, 0.29) is 4.75 Å². The Kier molecular flexibility index (Phi) is 3.62. The number of nitrogens with zero attached hydrogens (tertiary/aromatic N) is 1. The zero-order valence-electron chi connectivity index (χ0n) is 10.9. The predicted octanol–water partition coefficient (Wildman–Crippen LogP) is 3.72. The number of hydrogen-bond acceptors (Lipinski definition) is 1. The summed E-state index contributed by atoms with van der Waals surface area (Å²) in [4.78, 5) is 0. The maximum atomic E-state index is 11.9. The van der Waals surface area contributed by atoms with Gasteiger partial charge >= 0.3 is 0 Å². The van der Waals surface area contributed by atoms with Gasteiger partial charge in [-0.3, -0.25) is 0 Å². The van der Waals surface area contributed by atoms with Crippen molar-refractivity contribution in [1.82, 2.24) is 0 Å². The molecule has 94 valence electrons. The summed E-state index contributed by atoms with van der Waals surface area (Å²) in [5.41, 5.74) is 1.01. The van der Waals surface area contributed by atoms with Gasteiger partial charge in [0, 0.05) is 11.8 Å². The molecule has 0 saturated heterocycles. The first-order chi connectivity index (χ1) is 8.48. The van der Waals surface area contributed by atoms with Gasteiger partial charge in [-0.15, -0.1) is 0 Å². The van der Waals surface area contributed by atoms with Gasteiger partial charge in [-0.25, -0.2) is 4.21 Å². The Bertz CT molecular complexity index is 606. The van der Waals surface area contributed by atoms with E-state index >= 15 is 0 Å². The molecule has 0 fully saturated rings. The standard InChI is InChI=1S/C15H17NOS/c1-15(2,3)18(17)16-11-13-9-6-8-12-7-4-5-10-14(12)13/h4-11H,1-3H3. The summed E-state index contributed by atoms with van der Waals surface area (Å²) in [5.74, 6) is 0. The molecule has 2 nitrogen and oxygen atoms in total. The molecule has 0 saturated carbocycles. The van der Waals surface area contributed by atoms with Crippen molar-refractivity contribution < 1.29 is 4.21 Å². The Morgan fingerprint density at radius 3 is 2.44 bits per heavy atom. The average molecular weight is 259 g/mol. The lowest BCUT2D eigenvalue weighted by molar-refractivity contribution is 0.651. The highest BCUT2D eigenvalue weighted by Gasteiger charge is 2.18. The molecular formula is C15H17NOS. The second kappa shape index (κ2) is 5.02. The van der Waals surface area contributed by atoms with Crippen molar-refractivity contribution in [3.63, 3.8) is 0 Å². The van der Waals surface area contributed by atoms with Gasteiger partial charge in [-0.05, 0) is 31.5 Å². The van der Waals surface area contributed by atoms with E-state index in [1.165, 1.54) is 5.39 Å². The first-order valence-corrected chi connectivity index (χ1v) is 7.03. The van der Waals surface area contributed by atoms with Crippen LogP contribution in [0.25, 0.3) is 10.8 Å². The van der Waals surface area contributed by atoms with Crippen molar-refractivity contribution in [1.29, 1.82) is 0 Å². The minimum atomic E-state index is -1.21. The van der Waals surface area contributed by atoms with Gasteiger partial charge in [0.15, 0.2) is 0 Å². The van der Waals surface area contributed by atoms with Crippen LogP contribution in [0.15, 0.2) is 46.9 Å². The molecule has 0 heterocycles. The summed E-state index contributed by atoms with van der Waals surface area (Å²) in [7, 11) is -1.21. The molecule has 18 heavy (non-hydrogen) atoms. The first-order valence-electron chi connectivity index (χ1n) is 5.92. The molecule has 0 aromatic heterocycles. The molecule has 2 aromatic carbocycles. The van der Waals surface area contributed by atoms with Crippen LogP contribution in [-0.2, 0) is 11.0 Å². The Morgan fingerprint density at radius 1 is 1.06 bits per heavy atom. The van der Waals surface area contributed by atoms with Crippen LogP contribution in [0.4, 0.5) is 0 Å². The fourth-order valence-electron chi connectivity index (χ4n) is 1.63. The van der Waals surface area contributed by atoms with Gasteiger partial charge in [0.05, 0.1) is 4.75 Å². The predicted molar refractivity (Wildman–Crippen MR) is 79.4 cm³/mol. The molecule has 0 aliphatic heterocycles. The summed E-state index contributed by atoms with van der Waals surface area (Å²) in [6.07, 6.45) is 1.71. The molecule has 1 unspecified atom stereocenters. The number of rotatable bonds is 2. The lowest BCUT2D eigenvalue weighted by Crippen LogP contribution is -2.19. The van der Waals surface area contributed by atoms with Gasteiger partial charge in [-0.1, -0.05) is 42.5 Å². The molecule has 0 amide bonds. The topological polar surface area (TPSA) is 29.4 Å². The van der Waals surface area contributed by atoms with Gasteiger partial charge in [-0.2, -0.15) is 4.40 Å². The Labute approximate surface area is 110 Å². The summed E-state index contributed by atoms with van der Waals surface area (Å²) in [6.45, 7) is 5.76. The van der Waals surface area contributed by atoms with Gasteiger partial charge in [0.1, 0.15) is 11.0 Å². The van der Waals surface area contributed by atoms with Crippen LogP contribution in [0.5, 0.6) is 0 Å². The lowest BCUT2D eigenvalue weighted by atomic mass is 10.1. The fraction of sp³-hybridized carbons (Fsp3) is 0.267. The van der Waals surface area contributed by atoms with E-state index in [1.54, 1.807) is 6.21 Å². The van der Waals surface area contributed by atoms with Crippen molar-refractivity contribution >= 4 is 28.0 Å². The van der Waals surface area contributed by atoms with Crippen LogP contribution in [-0.4, -0.2) is 15.2 Å². The molecule has 0 aliphatic rings. The second-order valence-corrected chi connectivity index (χ2v) is 7.10. The molecule has 0 aliphatic carbocycles. The first kappa shape index (κ1) is 13.0. The van der Waals surface area contributed by atoms with Gasteiger partial charge in [0.2, 0.25) is 0 Å². The molecule has 2 rings (SSSR count). The summed E-state index contributed by atoms with van der Waals surface area (Å²) >= 11 is 0. The minimum Gasteiger partial charge on any atom is -0.234 e. The molecule has 3 heteroatoms. The number of benzene rings is 2. The third-order valence-corrected chi connectivity index (χ3v) is 3.98. The molecule has 1 atom stereocenters. The zero-order valence-corrected chi connectivity index (χ0v) is 11.7. The van der Waals surface area contributed by atoms with Crippen LogP contribution < -0.4 is 0 Å². The smallest absolute Gasteiger partial charge is 0.144 e. The Balaban J connectivity index is 2.38. The quantitative estimate of drug-likeness (QED) is 0.756.